The number of halogens is 1. The zero-order valence-electron chi connectivity index (χ0n) is 11.9. The first-order valence-electron chi connectivity index (χ1n) is 7.17. The Kier molecular flexibility index (Phi) is 5.34. The van der Waals surface area contributed by atoms with Gasteiger partial charge in [-0.3, -0.25) is 4.90 Å². The van der Waals surface area contributed by atoms with Gasteiger partial charge in [0.2, 0.25) is 0 Å². The second-order valence-electron chi connectivity index (χ2n) is 5.28. The summed E-state index contributed by atoms with van der Waals surface area (Å²) in [5.74, 6) is -0.318. The van der Waals surface area contributed by atoms with Gasteiger partial charge in [0.05, 0.1) is 12.7 Å². The molecule has 1 aliphatic heterocycles. The molecule has 20 heavy (non-hydrogen) atoms. The van der Waals surface area contributed by atoms with E-state index in [1.807, 2.05) is 0 Å². The van der Waals surface area contributed by atoms with Crippen LogP contribution in [0, 0.1) is 5.82 Å². The molecule has 1 aliphatic rings. The van der Waals surface area contributed by atoms with Gasteiger partial charge in [-0.15, -0.1) is 0 Å². The molecule has 1 saturated heterocycles. The number of rotatable bonds is 4. The lowest BCUT2D eigenvalue weighted by Crippen LogP contribution is -2.32. The summed E-state index contributed by atoms with van der Waals surface area (Å²) >= 11 is 0. The van der Waals surface area contributed by atoms with Gasteiger partial charge in [0.15, 0.2) is 0 Å². The van der Waals surface area contributed by atoms with Gasteiger partial charge in [0.1, 0.15) is 5.82 Å². The average molecular weight is 282 g/mol. The van der Waals surface area contributed by atoms with Crippen molar-refractivity contribution >= 4 is 5.69 Å². The zero-order valence-corrected chi connectivity index (χ0v) is 11.9. The summed E-state index contributed by atoms with van der Waals surface area (Å²) in [6.07, 6.45) is 0.314. The second-order valence-corrected chi connectivity index (χ2v) is 5.28. The summed E-state index contributed by atoms with van der Waals surface area (Å²) in [5.41, 5.74) is 1.55. The Balaban J connectivity index is 2.15. The van der Waals surface area contributed by atoms with Crippen molar-refractivity contribution in [1.29, 1.82) is 0 Å². The van der Waals surface area contributed by atoms with Gasteiger partial charge in [0.25, 0.3) is 0 Å². The van der Waals surface area contributed by atoms with Crippen molar-refractivity contribution in [3.63, 3.8) is 0 Å². The lowest BCUT2D eigenvalue weighted by Gasteiger charge is -2.26. The summed E-state index contributed by atoms with van der Waals surface area (Å²) in [4.78, 5) is 4.42. The average Bonchev–Trinajstić information content (AvgIpc) is 2.65. The van der Waals surface area contributed by atoms with Crippen LogP contribution < -0.4 is 4.90 Å². The van der Waals surface area contributed by atoms with Crippen LogP contribution in [0.4, 0.5) is 10.1 Å². The standard InChI is InChI=1S/C15H23FN2O2/c1-12(20)14-11-13(16)3-4-15(14)18-6-2-5-17(7-8-18)9-10-19/h3-4,11-12,19-20H,2,5-10H2,1H3/t12-/m0/s1. The van der Waals surface area contributed by atoms with Crippen LogP contribution >= 0.6 is 0 Å². The predicted molar refractivity (Wildman–Crippen MR) is 77.4 cm³/mol. The summed E-state index contributed by atoms with van der Waals surface area (Å²) in [7, 11) is 0. The van der Waals surface area contributed by atoms with Crippen LogP contribution in [0.15, 0.2) is 18.2 Å². The number of benzene rings is 1. The third-order valence-corrected chi connectivity index (χ3v) is 3.79. The van der Waals surface area contributed by atoms with Crippen LogP contribution in [-0.4, -0.2) is 54.4 Å². The van der Waals surface area contributed by atoms with Crippen molar-refractivity contribution in [2.45, 2.75) is 19.4 Å². The molecule has 0 spiro atoms. The van der Waals surface area contributed by atoms with Crippen LogP contribution in [0.3, 0.4) is 0 Å². The van der Waals surface area contributed by atoms with Gasteiger partial charge < -0.3 is 15.1 Å². The molecule has 2 rings (SSSR count). The first kappa shape index (κ1) is 15.2. The molecule has 0 bridgehead atoms. The normalized spacial score (nSPS) is 18.9. The van der Waals surface area contributed by atoms with Gasteiger partial charge in [-0.1, -0.05) is 0 Å². The lowest BCUT2D eigenvalue weighted by molar-refractivity contribution is 0.199. The van der Waals surface area contributed by atoms with E-state index in [0.717, 1.165) is 38.3 Å². The molecular weight excluding hydrogens is 259 g/mol. The molecule has 4 nitrogen and oxygen atoms in total. The molecule has 1 aromatic carbocycles. The highest BCUT2D eigenvalue weighted by Crippen LogP contribution is 2.28. The minimum absolute atomic E-state index is 0.176. The van der Waals surface area contributed by atoms with Gasteiger partial charge in [-0.05, 0) is 38.1 Å². The van der Waals surface area contributed by atoms with E-state index in [1.165, 1.54) is 12.1 Å². The fourth-order valence-electron chi connectivity index (χ4n) is 2.72. The topological polar surface area (TPSA) is 46.9 Å². The molecule has 0 radical (unpaired) electrons. The van der Waals surface area contributed by atoms with Crippen molar-refractivity contribution in [1.82, 2.24) is 4.90 Å². The highest BCUT2D eigenvalue weighted by Gasteiger charge is 2.19. The first-order valence-corrected chi connectivity index (χ1v) is 7.17. The Morgan fingerprint density at radius 3 is 2.75 bits per heavy atom. The molecule has 1 heterocycles. The van der Waals surface area contributed by atoms with Crippen molar-refractivity contribution < 1.29 is 14.6 Å². The van der Waals surface area contributed by atoms with Crippen molar-refractivity contribution in [3.8, 4) is 0 Å². The van der Waals surface area contributed by atoms with Gasteiger partial charge in [0, 0.05) is 37.4 Å². The van der Waals surface area contributed by atoms with E-state index in [2.05, 4.69) is 9.80 Å². The van der Waals surface area contributed by atoms with Crippen LogP contribution in [0.1, 0.15) is 25.0 Å². The minimum Gasteiger partial charge on any atom is -0.395 e. The Labute approximate surface area is 119 Å². The van der Waals surface area contributed by atoms with Crippen LogP contribution in [0.2, 0.25) is 0 Å². The van der Waals surface area contributed by atoms with Crippen molar-refractivity contribution in [2.75, 3.05) is 44.2 Å². The van der Waals surface area contributed by atoms with Gasteiger partial charge in [-0.25, -0.2) is 4.39 Å². The predicted octanol–water partition coefficient (Wildman–Crippen LogP) is 1.38. The molecule has 0 unspecified atom stereocenters. The van der Waals surface area contributed by atoms with Crippen LogP contribution in [0.5, 0.6) is 0 Å². The highest BCUT2D eigenvalue weighted by atomic mass is 19.1. The number of nitrogens with zero attached hydrogens (tertiary/aromatic N) is 2. The largest absolute Gasteiger partial charge is 0.395 e. The maximum atomic E-state index is 13.4. The Bertz CT molecular complexity index is 440. The Morgan fingerprint density at radius 1 is 1.25 bits per heavy atom. The lowest BCUT2D eigenvalue weighted by atomic mass is 10.1. The maximum absolute atomic E-state index is 13.4. The van der Waals surface area contributed by atoms with Crippen LogP contribution in [-0.2, 0) is 0 Å². The highest BCUT2D eigenvalue weighted by molar-refractivity contribution is 5.55. The van der Waals surface area contributed by atoms with E-state index in [9.17, 15) is 9.50 Å². The number of β-amino-alcohol motifs (C(OH)–C–C–N with tert-alkyl or cyclic N) is 1. The number of anilines is 1. The van der Waals surface area contributed by atoms with Gasteiger partial charge in [-0.2, -0.15) is 0 Å². The van der Waals surface area contributed by atoms with E-state index in [-0.39, 0.29) is 12.4 Å². The van der Waals surface area contributed by atoms with Crippen LogP contribution in [0.25, 0.3) is 0 Å². The smallest absolute Gasteiger partial charge is 0.123 e. The Morgan fingerprint density at radius 2 is 2.05 bits per heavy atom. The third kappa shape index (κ3) is 3.69. The second kappa shape index (κ2) is 7.02. The van der Waals surface area contributed by atoms with E-state index < -0.39 is 6.10 Å². The molecule has 1 fully saturated rings. The number of aliphatic hydroxyl groups excluding tert-OH is 2. The molecule has 0 saturated carbocycles. The van der Waals surface area contributed by atoms with E-state index >= 15 is 0 Å². The third-order valence-electron chi connectivity index (χ3n) is 3.79. The molecule has 1 aromatic rings. The molecule has 0 aliphatic carbocycles. The summed E-state index contributed by atoms with van der Waals surface area (Å²) in [6.45, 7) is 6.07. The molecule has 2 N–H and O–H groups in total. The van der Waals surface area contributed by atoms with E-state index in [4.69, 9.17) is 5.11 Å². The van der Waals surface area contributed by atoms with Gasteiger partial charge >= 0.3 is 0 Å². The fourth-order valence-corrected chi connectivity index (χ4v) is 2.72. The molecule has 0 amide bonds. The number of hydrogen-bond acceptors (Lipinski definition) is 4. The number of hydrogen-bond donors (Lipinski definition) is 2. The first-order chi connectivity index (χ1) is 9.61. The van der Waals surface area contributed by atoms with Crippen molar-refractivity contribution in [2.24, 2.45) is 0 Å². The molecule has 5 heteroatoms. The molecular formula is C15H23FN2O2. The molecule has 1 atom stereocenters. The SMILES string of the molecule is C[C@H](O)c1cc(F)ccc1N1CCCN(CCO)CC1. The fraction of sp³-hybridized carbons (Fsp3) is 0.600. The summed E-state index contributed by atoms with van der Waals surface area (Å²) in [6, 6.07) is 4.60. The summed E-state index contributed by atoms with van der Waals surface area (Å²) in [5, 5.41) is 18.8. The Hall–Kier alpha value is -1.17. The quantitative estimate of drug-likeness (QED) is 0.876. The van der Waals surface area contributed by atoms with E-state index in [1.54, 1.807) is 13.0 Å². The molecule has 0 aromatic heterocycles. The maximum Gasteiger partial charge on any atom is 0.123 e. The zero-order chi connectivity index (χ0) is 14.5. The molecule has 112 valence electrons. The monoisotopic (exact) mass is 282 g/mol. The number of aliphatic hydroxyl groups is 2. The summed E-state index contributed by atoms with van der Waals surface area (Å²) < 4.78 is 13.4. The van der Waals surface area contributed by atoms with E-state index in [0.29, 0.717) is 12.1 Å². The minimum atomic E-state index is -0.683. The van der Waals surface area contributed by atoms with Crippen molar-refractivity contribution in [3.05, 3.63) is 29.6 Å².